The van der Waals surface area contributed by atoms with Gasteiger partial charge in [-0.1, -0.05) is 74.5 Å². The minimum absolute atomic E-state index is 0.0568. The minimum atomic E-state index is -0.328. The molecule has 0 bridgehead atoms. The monoisotopic (exact) mass is 307 g/mol. The summed E-state index contributed by atoms with van der Waals surface area (Å²) < 4.78 is 7.70. The summed E-state index contributed by atoms with van der Waals surface area (Å²) in [5.41, 5.74) is 2.13. The third-order valence-electron chi connectivity index (χ3n) is 3.85. The molecular formula is C20H21NO2. The van der Waals surface area contributed by atoms with Crippen LogP contribution in [0.1, 0.15) is 37.1 Å². The van der Waals surface area contributed by atoms with Crippen molar-refractivity contribution in [2.24, 2.45) is 5.92 Å². The van der Waals surface area contributed by atoms with Crippen LogP contribution in [0, 0.1) is 5.92 Å². The highest BCUT2D eigenvalue weighted by molar-refractivity contribution is 5.54. The van der Waals surface area contributed by atoms with Gasteiger partial charge >= 0.3 is 0 Å². The van der Waals surface area contributed by atoms with Crippen LogP contribution in [-0.4, -0.2) is 10.8 Å². The van der Waals surface area contributed by atoms with Crippen molar-refractivity contribution in [1.29, 1.82) is 0 Å². The topological polar surface area (TPSA) is 35.3 Å². The second-order valence-electron chi connectivity index (χ2n) is 6.09. The molecule has 3 rings (SSSR count). The van der Waals surface area contributed by atoms with Crippen molar-refractivity contribution in [3.8, 4) is 0 Å². The molecule has 23 heavy (non-hydrogen) atoms. The molecule has 2 atom stereocenters. The minimum Gasteiger partial charge on any atom is -0.594 e. The van der Waals surface area contributed by atoms with E-state index in [0.29, 0.717) is 5.92 Å². The standard InChI is InChI=1S/C20H21NO2/c1-15(2)13-21-14-18(22)23-20(17-11-7-4-8-12-17)19(21)16-9-5-3-6-10-16/h3-15,19-20H,1-2H3/t19-,20+/m0/s1. The van der Waals surface area contributed by atoms with E-state index in [0.717, 1.165) is 11.1 Å². The summed E-state index contributed by atoms with van der Waals surface area (Å²) in [5, 5.41) is 12.1. The van der Waals surface area contributed by atoms with Crippen LogP contribution in [0.15, 0.2) is 72.8 Å². The van der Waals surface area contributed by atoms with Gasteiger partial charge in [0, 0.05) is 11.5 Å². The van der Waals surface area contributed by atoms with Crippen molar-refractivity contribution in [3.63, 3.8) is 0 Å². The molecule has 0 fully saturated rings. The molecule has 0 aliphatic carbocycles. The van der Waals surface area contributed by atoms with E-state index in [1.807, 2.05) is 53.1 Å². The lowest BCUT2D eigenvalue weighted by Crippen LogP contribution is -2.32. The summed E-state index contributed by atoms with van der Waals surface area (Å²) in [6, 6.07) is 20.1. The molecular weight excluding hydrogens is 286 g/mol. The van der Waals surface area contributed by atoms with Crippen LogP contribution >= 0.6 is 0 Å². The van der Waals surface area contributed by atoms with Crippen LogP contribution < -0.4 is 5.11 Å². The molecule has 0 spiro atoms. The second-order valence-corrected chi connectivity index (χ2v) is 6.09. The number of nitrogens with zero attached hydrogens (tertiary/aromatic N) is 1. The first kappa shape index (κ1) is 15.3. The van der Waals surface area contributed by atoms with Gasteiger partial charge in [0.05, 0.1) is 6.10 Å². The van der Waals surface area contributed by atoms with E-state index in [1.54, 1.807) is 6.20 Å². The molecule has 118 valence electrons. The smallest absolute Gasteiger partial charge is 0.199 e. The maximum atomic E-state index is 12.1. The van der Waals surface area contributed by atoms with Gasteiger partial charge in [-0.25, -0.2) is 0 Å². The molecule has 0 amide bonds. The predicted molar refractivity (Wildman–Crippen MR) is 88.7 cm³/mol. The van der Waals surface area contributed by atoms with Crippen molar-refractivity contribution in [1.82, 2.24) is 0 Å². The van der Waals surface area contributed by atoms with E-state index in [-0.39, 0.29) is 18.1 Å². The van der Waals surface area contributed by atoms with Gasteiger partial charge in [-0.2, -0.15) is 4.58 Å². The summed E-state index contributed by atoms with van der Waals surface area (Å²) >= 11 is 0. The fraction of sp³-hybridized carbons (Fsp3) is 0.250. The zero-order chi connectivity index (χ0) is 16.2. The quantitative estimate of drug-likeness (QED) is 0.815. The Bertz CT molecular complexity index is 705. The van der Waals surface area contributed by atoms with Crippen LogP contribution in [0.5, 0.6) is 0 Å². The molecule has 1 aliphatic heterocycles. The number of hydrogen-bond acceptors (Lipinski definition) is 2. The van der Waals surface area contributed by atoms with Crippen molar-refractivity contribution in [2.75, 3.05) is 0 Å². The lowest BCUT2D eigenvalue weighted by molar-refractivity contribution is -0.555. The first-order valence-electron chi connectivity index (χ1n) is 7.93. The largest absolute Gasteiger partial charge is 0.594 e. The van der Waals surface area contributed by atoms with E-state index in [9.17, 15) is 5.11 Å². The van der Waals surface area contributed by atoms with E-state index in [1.165, 1.54) is 0 Å². The van der Waals surface area contributed by atoms with E-state index < -0.39 is 0 Å². The molecule has 0 saturated carbocycles. The van der Waals surface area contributed by atoms with Crippen LogP contribution in [0.4, 0.5) is 0 Å². The van der Waals surface area contributed by atoms with Crippen LogP contribution in [-0.2, 0) is 4.74 Å². The van der Waals surface area contributed by atoms with E-state index in [2.05, 4.69) is 32.2 Å². The van der Waals surface area contributed by atoms with Gasteiger partial charge < -0.3 is 9.84 Å². The van der Waals surface area contributed by atoms with Crippen LogP contribution in [0.3, 0.4) is 0 Å². The average Bonchev–Trinajstić information content (AvgIpc) is 2.55. The molecule has 1 aliphatic rings. The fourth-order valence-corrected chi connectivity index (χ4v) is 2.95. The summed E-state index contributed by atoms with van der Waals surface area (Å²) in [7, 11) is 0. The summed E-state index contributed by atoms with van der Waals surface area (Å²) in [6.45, 7) is 4.21. The van der Waals surface area contributed by atoms with E-state index in [4.69, 9.17) is 4.74 Å². The van der Waals surface area contributed by atoms with Crippen molar-refractivity contribution >= 4 is 6.21 Å². The van der Waals surface area contributed by atoms with E-state index >= 15 is 0 Å². The number of hydrogen-bond donors (Lipinski definition) is 0. The molecule has 1 heterocycles. The summed E-state index contributed by atoms with van der Waals surface area (Å²) in [6.07, 6.45) is 3.30. The third-order valence-corrected chi connectivity index (χ3v) is 3.85. The molecule has 2 aromatic carbocycles. The Morgan fingerprint density at radius 1 is 0.957 bits per heavy atom. The maximum absolute atomic E-state index is 12.1. The number of rotatable bonds is 3. The van der Waals surface area contributed by atoms with Crippen molar-refractivity contribution in [3.05, 3.63) is 83.9 Å². The SMILES string of the molecule is CC(C)C=[N+]1C=C([O-])O[C@H](c2ccccc2)[C@@H]1c1ccccc1. The van der Waals surface area contributed by atoms with Crippen LogP contribution in [0.25, 0.3) is 0 Å². The highest BCUT2D eigenvalue weighted by Gasteiger charge is 2.34. The lowest BCUT2D eigenvalue weighted by Gasteiger charge is -2.35. The Labute approximate surface area is 137 Å². The van der Waals surface area contributed by atoms with Crippen molar-refractivity contribution in [2.45, 2.75) is 26.0 Å². The second kappa shape index (κ2) is 6.69. The first-order chi connectivity index (χ1) is 11.1. The first-order valence-corrected chi connectivity index (χ1v) is 7.93. The van der Waals surface area contributed by atoms with Gasteiger partial charge in [-0.3, -0.25) is 0 Å². The van der Waals surface area contributed by atoms with Gasteiger partial charge in [-0.15, -0.1) is 0 Å². The molecule has 2 aromatic rings. The highest BCUT2D eigenvalue weighted by Crippen LogP contribution is 2.38. The number of benzene rings is 2. The highest BCUT2D eigenvalue weighted by atomic mass is 16.6. The Hall–Kier alpha value is -2.55. The number of ether oxygens (including phenoxy) is 1. The molecule has 3 nitrogen and oxygen atoms in total. The molecule has 0 N–H and O–H groups in total. The average molecular weight is 307 g/mol. The Balaban J connectivity index is 2.12. The predicted octanol–water partition coefficient (Wildman–Crippen LogP) is 3.40. The Kier molecular flexibility index (Phi) is 4.47. The molecule has 0 unspecified atom stereocenters. The van der Waals surface area contributed by atoms with Gasteiger partial charge in [0.15, 0.2) is 12.2 Å². The summed E-state index contributed by atoms with van der Waals surface area (Å²) in [4.78, 5) is 0. The Morgan fingerprint density at radius 2 is 1.52 bits per heavy atom. The normalized spacial score (nSPS) is 22.7. The van der Waals surface area contributed by atoms with Gasteiger partial charge in [-0.05, 0) is 5.56 Å². The zero-order valence-corrected chi connectivity index (χ0v) is 13.4. The lowest BCUT2D eigenvalue weighted by atomic mass is 9.94. The zero-order valence-electron chi connectivity index (χ0n) is 13.4. The fourth-order valence-electron chi connectivity index (χ4n) is 2.95. The molecule has 0 radical (unpaired) electrons. The van der Waals surface area contributed by atoms with Gasteiger partial charge in [0.2, 0.25) is 0 Å². The van der Waals surface area contributed by atoms with Gasteiger partial charge in [0.1, 0.15) is 12.2 Å². The van der Waals surface area contributed by atoms with Crippen LogP contribution in [0.2, 0.25) is 0 Å². The Morgan fingerprint density at radius 3 is 2.09 bits per heavy atom. The molecule has 0 aromatic heterocycles. The van der Waals surface area contributed by atoms with Crippen molar-refractivity contribution < 1.29 is 14.4 Å². The summed E-state index contributed by atoms with van der Waals surface area (Å²) in [5.74, 6) is 0.0303. The molecule has 3 heteroatoms. The van der Waals surface area contributed by atoms with Gasteiger partial charge in [0.25, 0.3) is 0 Å². The maximum Gasteiger partial charge on any atom is 0.199 e. The molecule has 0 saturated heterocycles. The third kappa shape index (κ3) is 3.45.